The van der Waals surface area contributed by atoms with Crippen molar-refractivity contribution in [2.45, 2.75) is 19.9 Å². The highest BCUT2D eigenvalue weighted by atomic mass is 15.3. The zero-order chi connectivity index (χ0) is 12.4. The Morgan fingerprint density at radius 2 is 2.06 bits per heavy atom. The average Bonchev–Trinajstić information content (AvgIpc) is 2.69. The fourth-order valence-electron chi connectivity index (χ4n) is 2.00. The highest BCUT2D eigenvalue weighted by molar-refractivity contribution is 5.31. The van der Waals surface area contributed by atoms with E-state index in [0.717, 1.165) is 22.6 Å². The maximum absolute atomic E-state index is 5.65. The maximum Gasteiger partial charge on any atom is 0.0895 e. The van der Waals surface area contributed by atoms with Gasteiger partial charge in [-0.2, -0.15) is 5.10 Å². The highest BCUT2D eigenvalue weighted by Crippen LogP contribution is 2.22. The molecule has 3 N–H and O–H groups in total. The van der Waals surface area contributed by atoms with Gasteiger partial charge in [-0.3, -0.25) is 15.5 Å². The number of hydrogen-bond acceptors (Lipinski definition) is 4. The van der Waals surface area contributed by atoms with E-state index >= 15 is 0 Å². The monoisotopic (exact) mass is 231 g/mol. The summed E-state index contributed by atoms with van der Waals surface area (Å²) in [6, 6.07) is 5.90. The predicted octanol–water partition coefficient (Wildman–Crippen LogP) is 0.985. The number of pyridine rings is 1. The third-order valence-electron chi connectivity index (χ3n) is 2.90. The molecule has 5 heteroatoms. The molecular weight excluding hydrogens is 214 g/mol. The van der Waals surface area contributed by atoms with Gasteiger partial charge in [-0.25, -0.2) is 5.43 Å². The molecule has 5 nitrogen and oxygen atoms in total. The molecule has 0 aromatic carbocycles. The number of rotatable bonds is 3. The van der Waals surface area contributed by atoms with Crippen molar-refractivity contribution in [2.24, 2.45) is 12.9 Å². The van der Waals surface area contributed by atoms with Crippen LogP contribution in [0, 0.1) is 13.8 Å². The van der Waals surface area contributed by atoms with Gasteiger partial charge in [0.25, 0.3) is 0 Å². The van der Waals surface area contributed by atoms with Crippen molar-refractivity contribution in [3.8, 4) is 0 Å². The van der Waals surface area contributed by atoms with Crippen LogP contribution in [0.2, 0.25) is 0 Å². The fourth-order valence-corrected chi connectivity index (χ4v) is 2.00. The van der Waals surface area contributed by atoms with E-state index in [1.54, 1.807) is 6.20 Å². The van der Waals surface area contributed by atoms with E-state index in [2.05, 4.69) is 21.6 Å². The van der Waals surface area contributed by atoms with Crippen LogP contribution in [0.4, 0.5) is 0 Å². The first-order valence-corrected chi connectivity index (χ1v) is 5.51. The van der Waals surface area contributed by atoms with Gasteiger partial charge in [-0.1, -0.05) is 6.07 Å². The number of nitrogens with one attached hydrogen (secondary N) is 1. The average molecular weight is 231 g/mol. The van der Waals surface area contributed by atoms with Crippen LogP contribution in [0.25, 0.3) is 0 Å². The minimum atomic E-state index is -0.0874. The van der Waals surface area contributed by atoms with Gasteiger partial charge in [0.2, 0.25) is 0 Å². The number of aromatic nitrogens is 3. The Balaban J connectivity index is 2.46. The number of hydrogen-bond donors (Lipinski definition) is 2. The Morgan fingerprint density at radius 3 is 2.59 bits per heavy atom. The molecule has 0 saturated heterocycles. The molecule has 0 bridgehead atoms. The Morgan fingerprint density at radius 1 is 1.29 bits per heavy atom. The molecule has 0 amide bonds. The molecule has 0 saturated carbocycles. The molecule has 0 aliphatic carbocycles. The van der Waals surface area contributed by atoms with E-state index in [1.165, 1.54) is 0 Å². The molecule has 0 fully saturated rings. The summed E-state index contributed by atoms with van der Waals surface area (Å²) >= 11 is 0. The number of nitrogens with zero attached hydrogens (tertiary/aromatic N) is 3. The van der Waals surface area contributed by atoms with E-state index < -0.39 is 0 Å². The summed E-state index contributed by atoms with van der Waals surface area (Å²) in [6.07, 6.45) is 1.76. The lowest BCUT2D eigenvalue weighted by Gasteiger charge is -2.18. The Labute approximate surface area is 101 Å². The third-order valence-corrected chi connectivity index (χ3v) is 2.90. The van der Waals surface area contributed by atoms with Crippen LogP contribution in [-0.2, 0) is 7.05 Å². The van der Waals surface area contributed by atoms with Gasteiger partial charge in [0, 0.05) is 24.6 Å². The normalized spacial score (nSPS) is 12.7. The van der Waals surface area contributed by atoms with Crippen LogP contribution < -0.4 is 11.3 Å². The number of aryl methyl sites for hydroxylation is 3. The van der Waals surface area contributed by atoms with Crippen LogP contribution in [0.3, 0.4) is 0 Å². The van der Waals surface area contributed by atoms with Crippen molar-refractivity contribution in [1.29, 1.82) is 0 Å². The Kier molecular flexibility index (Phi) is 3.21. The van der Waals surface area contributed by atoms with Crippen LogP contribution >= 0.6 is 0 Å². The fraction of sp³-hybridized carbons (Fsp3) is 0.333. The molecular formula is C12H17N5. The Hall–Kier alpha value is -1.72. The van der Waals surface area contributed by atoms with Crippen LogP contribution in [0.15, 0.2) is 24.4 Å². The van der Waals surface area contributed by atoms with Gasteiger partial charge >= 0.3 is 0 Å². The van der Waals surface area contributed by atoms with E-state index in [9.17, 15) is 0 Å². The van der Waals surface area contributed by atoms with Gasteiger partial charge in [0.15, 0.2) is 0 Å². The number of nitrogens with two attached hydrogens (primary N) is 1. The highest BCUT2D eigenvalue weighted by Gasteiger charge is 2.18. The van der Waals surface area contributed by atoms with Crippen LogP contribution in [0.5, 0.6) is 0 Å². The third kappa shape index (κ3) is 2.20. The molecule has 17 heavy (non-hydrogen) atoms. The second-order valence-corrected chi connectivity index (χ2v) is 4.11. The molecule has 2 aromatic heterocycles. The summed E-state index contributed by atoms with van der Waals surface area (Å²) in [7, 11) is 1.90. The summed E-state index contributed by atoms with van der Waals surface area (Å²) in [6.45, 7) is 3.97. The summed E-state index contributed by atoms with van der Waals surface area (Å²) in [5.41, 5.74) is 6.89. The summed E-state index contributed by atoms with van der Waals surface area (Å²) in [5.74, 6) is 5.65. The van der Waals surface area contributed by atoms with Crippen LogP contribution in [0.1, 0.15) is 28.7 Å². The molecule has 2 rings (SSSR count). The molecule has 90 valence electrons. The Bertz CT molecular complexity index is 517. The molecule has 0 aliphatic rings. The second kappa shape index (κ2) is 4.65. The van der Waals surface area contributed by atoms with Crippen molar-refractivity contribution < 1.29 is 0 Å². The van der Waals surface area contributed by atoms with Gasteiger partial charge < -0.3 is 0 Å². The van der Waals surface area contributed by atoms with Crippen molar-refractivity contribution in [3.05, 3.63) is 47.0 Å². The lowest BCUT2D eigenvalue weighted by molar-refractivity contribution is 0.570. The van der Waals surface area contributed by atoms with Gasteiger partial charge in [0.1, 0.15) is 0 Å². The first-order valence-electron chi connectivity index (χ1n) is 5.51. The minimum Gasteiger partial charge on any atom is -0.271 e. The molecule has 1 unspecified atom stereocenters. The van der Waals surface area contributed by atoms with Gasteiger partial charge in [-0.15, -0.1) is 0 Å². The quantitative estimate of drug-likeness (QED) is 0.610. The first-order chi connectivity index (χ1) is 8.13. The zero-order valence-electron chi connectivity index (χ0n) is 10.3. The SMILES string of the molecule is Cc1ccc(C(NN)c2ccnn2C)c(C)n1. The second-order valence-electron chi connectivity index (χ2n) is 4.11. The predicted molar refractivity (Wildman–Crippen MR) is 66.1 cm³/mol. The summed E-state index contributed by atoms with van der Waals surface area (Å²) in [4.78, 5) is 4.46. The topological polar surface area (TPSA) is 68.8 Å². The molecule has 0 spiro atoms. The molecule has 2 heterocycles. The lowest BCUT2D eigenvalue weighted by atomic mass is 10.0. The summed E-state index contributed by atoms with van der Waals surface area (Å²) < 4.78 is 1.81. The van der Waals surface area contributed by atoms with E-state index in [-0.39, 0.29) is 6.04 Å². The minimum absolute atomic E-state index is 0.0874. The van der Waals surface area contributed by atoms with Gasteiger partial charge in [0.05, 0.1) is 11.7 Å². The molecule has 1 atom stereocenters. The molecule has 2 aromatic rings. The van der Waals surface area contributed by atoms with E-state index in [4.69, 9.17) is 5.84 Å². The zero-order valence-corrected chi connectivity index (χ0v) is 10.3. The van der Waals surface area contributed by atoms with Crippen molar-refractivity contribution in [1.82, 2.24) is 20.2 Å². The van der Waals surface area contributed by atoms with Crippen molar-refractivity contribution in [3.63, 3.8) is 0 Å². The molecule has 0 radical (unpaired) electrons. The molecule has 0 aliphatic heterocycles. The first kappa shape index (κ1) is 11.8. The standard InChI is InChI=1S/C12H17N5/c1-8-4-5-10(9(2)15-8)12(16-13)11-6-7-14-17(11)3/h4-7,12,16H,13H2,1-3H3. The van der Waals surface area contributed by atoms with E-state index in [1.807, 2.05) is 37.7 Å². The number of hydrazine groups is 1. The summed E-state index contributed by atoms with van der Waals surface area (Å²) in [5, 5.41) is 4.16. The lowest BCUT2D eigenvalue weighted by Crippen LogP contribution is -2.31. The van der Waals surface area contributed by atoms with Crippen LogP contribution in [-0.4, -0.2) is 14.8 Å². The van der Waals surface area contributed by atoms with Crippen molar-refractivity contribution >= 4 is 0 Å². The maximum atomic E-state index is 5.65. The van der Waals surface area contributed by atoms with E-state index in [0.29, 0.717) is 0 Å². The smallest absolute Gasteiger partial charge is 0.0895 e. The van der Waals surface area contributed by atoms with Gasteiger partial charge in [-0.05, 0) is 31.5 Å². The largest absolute Gasteiger partial charge is 0.271 e. The van der Waals surface area contributed by atoms with Crippen molar-refractivity contribution in [2.75, 3.05) is 0 Å².